The highest BCUT2D eigenvalue weighted by atomic mass is 32.2. The molecule has 1 aromatic carbocycles. The van der Waals surface area contributed by atoms with Gasteiger partial charge in [0, 0.05) is 62.8 Å². The van der Waals surface area contributed by atoms with Crippen LogP contribution in [0, 0.1) is 5.92 Å². The molecule has 1 atom stereocenters. The molecule has 3 aliphatic heterocycles. The summed E-state index contributed by atoms with van der Waals surface area (Å²) in [6, 6.07) is 4.05. The summed E-state index contributed by atoms with van der Waals surface area (Å²) in [5.74, 6) is 2.53. The molecule has 0 radical (unpaired) electrons. The van der Waals surface area contributed by atoms with Gasteiger partial charge in [0.05, 0.1) is 46.6 Å². The number of carbonyl (C=O) groups excluding carboxylic acids is 1. The van der Waals surface area contributed by atoms with Crippen LogP contribution in [0.5, 0.6) is 17.2 Å². The predicted octanol–water partition coefficient (Wildman–Crippen LogP) is 2.09. The van der Waals surface area contributed by atoms with Gasteiger partial charge in [-0.15, -0.1) is 0 Å². The number of morpholine rings is 1. The molecule has 4 heterocycles. The van der Waals surface area contributed by atoms with Gasteiger partial charge < -0.3 is 29.2 Å². The van der Waals surface area contributed by atoms with Crippen molar-refractivity contribution < 1.29 is 32.2 Å². The van der Waals surface area contributed by atoms with Crippen LogP contribution >= 0.6 is 0 Å². The molecule has 2 fully saturated rings. The Labute approximate surface area is 266 Å². The number of anilines is 1. The van der Waals surface area contributed by atoms with Gasteiger partial charge in [-0.25, -0.2) is 4.98 Å². The standard InChI is InChI=1S/C31H48N6O7S/c1-5-34-10-6-7-12-37(45(39,40)36-13-15-44-16-14-36)22-28(38)32-19-23-9-8-11-35(20-23)31-24(21-34)17-25-26(33-31)18-27(41-2)30(43-4)29(25)42-3/h17-18,23H,5-16,19-22H2,1-4H3,(H,32,38). The van der Waals surface area contributed by atoms with E-state index in [-0.39, 0.29) is 24.9 Å². The smallest absolute Gasteiger partial charge is 0.282 e. The Bertz CT molecular complexity index is 1440. The van der Waals surface area contributed by atoms with Gasteiger partial charge in [-0.2, -0.15) is 17.0 Å². The van der Waals surface area contributed by atoms with Crippen molar-refractivity contribution in [3.05, 3.63) is 17.7 Å². The average Bonchev–Trinajstić information content (AvgIpc) is 3.06. The Kier molecular flexibility index (Phi) is 11.2. The van der Waals surface area contributed by atoms with Crippen LogP contribution < -0.4 is 24.4 Å². The molecule has 1 amide bonds. The van der Waals surface area contributed by atoms with Crippen molar-refractivity contribution in [2.45, 2.75) is 39.2 Å². The first-order chi connectivity index (χ1) is 21.8. The average molecular weight is 649 g/mol. The second-order valence-electron chi connectivity index (χ2n) is 11.9. The summed E-state index contributed by atoms with van der Waals surface area (Å²) in [4.78, 5) is 23.1. The van der Waals surface area contributed by atoms with Crippen LogP contribution in [0.2, 0.25) is 0 Å². The third kappa shape index (κ3) is 7.57. The van der Waals surface area contributed by atoms with Crippen LogP contribution in [0.1, 0.15) is 38.2 Å². The van der Waals surface area contributed by atoms with E-state index < -0.39 is 10.2 Å². The van der Waals surface area contributed by atoms with Crippen molar-refractivity contribution in [2.24, 2.45) is 5.92 Å². The molecule has 2 aromatic rings. The van der Waals surface area contributed by atoms with E-state index in [0.29, 0.717) is 63.1 Å². The number of aromatic nitrogens is 1. The number of methoxy groups -OCH3 is 3. The molecule has 0 saturated carbocycles. The number of nitrogens with zero attached hydrogens (tertiary/aromatic N) is 5. The molecular weight excluding hydrogens is 600 g/mol. The summed E-state index contributed by atoms with van der Waals surface area (Å²) in [7, 11) is 1.04. The topological polar surface area (TPSA) is 126 Å². The molecule has 5 rings (SSSR count). The summed E-state index contributed by atoms with van der Waals surface area (Å²) < 4.78 is 52.4. The van der Waals surface area contributed by atoms with Crippen LogP contribution in [0.15, 0.2) is 12.1 Å². The summed E-state index contributed by atoms with van der Waals surface area (Å²) in [6.45, 7) is 7.90. The number of piperidine rings is 1. The fourth-order valence-corrected chi connectivity index (χ4v) is 8.12. The number of fused-ring (bicyclic) bond motifs is 5. The number of rotatable bonds is 6. The van der Waals surface area contributed by atoms with Gasteiger partial charge in [0.15, 0.2) is 11.5 Å². The van der Waals surface area contributed by atoms with E-state index in [0.717, 1.165) is 67.7 Å². The maximum atomic E-state index is 13.6. The van der Waals surface area contributed by atoms with E-state index >= 15 is 0 Å². The summed E-state index contributed by atoms with van der Waals surface area (Å²) in [6.07, 6.45) is 3.34. The highest BCUT2D eigenvalue weighted by molar-refractivity contribution is 7.86. The third-order valence-electron chi connectivity index (χ3n) is 9.00. The predicted molar refractivity (Wildman–Crippen MR) is 172 cm³/mol. The van der Waals surface area contributed by atoms with Crippen LogP contribution in [-0.2, 0) is 26.3 Å². The molecule has 2 saturated heterocycles. The lowest BCUT2D eigenvalue weighted by atomic mass is 9.97. The van der Waals surface area contributed by atoms with E-state index in [4.69, 9.17) is 23.9 Å². The zero-order chi connectivity index (χ0) is 32.0. The van der Waals surface area contributed by atoms with E-state index in [9.17, 15) is 13.2 Å². The molecule has 2 bridgehead atoms. The number of nitrogens with one attached hydrogen (secondary N) is 1. The first-order valence-electron chi connectivity index (χ1n) is 16.0. The first-order valence-corrected chi connectivity index (χ1v) is 17.4. The molecule has 1 aromatic heterocycles. The molecule has 14 heteroatoms. The number of benzene rings is 1. The molecule has 13 nitrogen and oxygen atoms in total. The van der Waals surface area contributed by atoms with Gasteiger partial charge in [0.2, 0.25) is 11.7 Å². The largest absolute Gasteiger partial charge is 0.493 e. The number of hydrogen-bond donors (Lipinski definition) is 1. The van der Waals surface area contributed by atoms with E-state index in [1.807, 2.05) is 6.07 Å². The Morgan fingerprint density at radius 3 is 2.40 bits per heavy atom. The maximum absolute atomic E-state index is 13.6. The van der Waals surface area contributed by atoms with E-state index in [2.05, 4.69) is 28.1 Å². The third-order valence-corrected chi connectivity index (χ3v) is 11.0. The molecule has 3 aliphatic rings. The van der Waals surface area contributed by atoms with Crippen molar-refractivity contribution in [3.63, 3.8) is 0 Å². The number of amides is 1. The second kappa shape index (κ2) is 15.1. The lowest BCUT2D eigenvalue weighted by Crippen LogP contribution is -2.52. The number of carbonyl (C=O) groups is 1. The summed E-state index contributed by atoms with van der Waals surface area (Å²) in [5.41, 5.74) is 1.85. The molecule has 1 unspecified atom stereocenters. The fourth-order valence-electron chi connectivity index (χ4n) is 6.54. The van der Waals surface area contributed by atoms with Gasteiger partial charge in [0.25, 0.3) is 10.2 Å². The van der Waals surface area contributed by atoms with Crippen LogP contribution in [0.25, 0.3) is 10.9 Å². The maximum Gasteiger partial charge on any atom is 0.282 e. The van der Waals surface area contributed by atoms with Crippen molar-refractivity contribution in [2.75, 3.05) is 98.3 Å². The zero-order valence-electron chi connectivity index (χ0n) is 27.0. The molecule has 0 spiro atoms. The highest BCUT2D eigenvalue weighted by Crippen LogP contribution is 2.44. The lowest BCUT2D eigenvalue weighted by molar-refractivity contribution is -0.121. The minimum absolute atomic E-state index is 0.183. The van der Waals surface area contributed by atoms with Gasteiger partial charge >= 0.3 is 0 Å². The second-order valence-corrected chi connectivity index (χ2v) is 13.8. The van der Waals surface area contributed by atoms with Crippen LogP contribution in [0.4, 0.5) is 5.82 Å². The first kappa shape index (κ1) is 33.5. The lowest BCUT2D eigenvalue weighted by Gasteiger charge is -2.36. The minimum atomic E-state index is -3.79. The van der Waals surface area contributed by atoms with Crippen molar-refractivity contribution in [1.82, 2.24) is 23.8 Å². The number of ether oxygens (including phenoxy) is 4. The molecule has 1 N–H and O–H groups in total. The van der Waals surface area contributed by atoms with Crippen molar-refractivity contribution in [1.29, 1.82) is 0 Å². The number of hydrogen-bond acceptors (Lipinski definition) is 10. The quantitative estimate of drug-likeness (QED) is 0.498. The Morgan fingerprint density at radius 1 is 0.933 bits per heavy atom. The van der Waals surface area contributed by atoms with Crippen molar-refractivity contribution in [3.8, 4) is 17.2 Å². The normalized spacial score (nSPS) is 22.1. The van der Waals surface area contributed by atoms with Gasteiger partial charge in [-0.05, 0) is 50.8 Å². The summed E-state index contributed by atoms with van der Waals surface area (Å²) >= 11 is 0. The molecule has 250 valence electrons. The van der Waals surface area contributed by atoms with Gasteiger partial charge in [0.1, 0.15) is 5.82 Å². The Hall–Kier alpha value is -2.91. The van der Waals surface area contributed by atoms with Gasteiger partial charge in [-0.3, -0.25) is 9.69 Å². The minimum Gasteiger partial charge on any atom is -0.493 e. The SMILES string of the molecule is CCN1CCCCN(S(=O)(=O)N2CCOCC2)CC(=O)NCC2CCCN(C2)c2nc3cc(OC)c(OC)c(OC)c3cc2C1. The molecule has 0 aliphatic carbocycles. The monoisotopic (exact) mass is 648 g/mol. The Morgan fingerprint density at radius 2 is 1.69 bits per heavy atom. The molecular formula is C31H48N6O7S. The van der Waals surface area contributed by atoms with Crippen molar-refractivity contribution >= 4 is 32.8 Å². The zero-order valence-corrected chi connectivity index (χ0v) is 27.9. The number of pyridine rings is 1. The summed E-state index contributed by atoms with van der Waals surface area (Å²) in [5, 5.41) is 3.90. The van der Waals surface area contributed by atoms with Gasteiger partial charge in [-0.1, -0.05) is 6.92 Å². The van der Waals surface area contributed by atoms with E-state index in [1.54, 1.807) is 21.3 Å². The fraction of sp³-hybridized carbons (Fsp3) is 0.677. The van der Waals surface area contributed by atoms with Crippen LogP contribution in [-0.4, -0.2) is 126 Å². The van der Waals surface area contributed by atoms with E-state index in [1.165, 1.54) is 8.61 Å². The molecule has 45 heavy (non-hydrogen) atoms. The highest BCUT2D eigenvalue weighted by Gasteiger charge is 2.33. The Balaban J connectivity index is 1.48. The van der Waals surface area contributed by atoms with Crippen LogP contribution in [0.3, 0.4) is 0 Å².